The summed E-state index contributed by atoms with van der Waals surface area (Å²) in [5.74, 6) is -0.889. The fourth-order valence-electron chi connectivity index (χ4n) is 7.25. The zero-order chi connectivity index (χ0) is 37.1. The van der Waals surface area contributed by atoms with Crippen molar-refractivity contribution >= 4 is 69.4 Å². The third-order valence-corrected chi connectivity index (χ3v) is 12.7. The largest absolute Gasteiger partial charge is 0.480 e. The minimum absolute atomic E-state index is 0.264. The Morgan fingerprint density at radius 3 is 1.83 bits per heavy atom. The van der Waals surface area contributed by atoms with Gasteiger partial charge in [0.15, 0.2) is 0 Å². The lowest BCUT2D eigenvalue weighted by atomic mass is 9.93. The van der Waals surface area contributed by atoms with E-state index in [0.29, 0.717) is 16.4 Å². The van der Waals surface area contributed by atoms with Crippen molar-refractivity contribution in [3.8, 4) is 6.07 Å². The molecular formula is C43H59N3O3S3. The number of unbranched alkanes of at least 4 members (excludes halogenated alkanes) is 16. The SMILES string of the molecule is CCCCCCCCCCCCC(CCCCCCCCCC)CN1c2ccc(C#N)cc2Sc2cc(/C=C3\SC(=S)N(CC(=O)O)C3=O)ccc21. The number of hydrogen-bond donors (Lipinski definition) is 1. The van der Waals surface area contributed by atoms with E-state index in [1.54, 1.807) is 11.8 Å². The summed E-state index contributed by atoms with van der Waals surface area (Å²) in [6.45, 7) is 5.06. The quantitative estimate of drug-likeness (QED) is 0.0608. The summed E-state index contributed by atoms with van der Waals surface area (Å²) in [4.78, 5) is 30.5. The molecule has 6 nitrogen and oxygen atoms in total. The summed E-state index contributed by atoms with van der Waals surface area (Å²) in [7, 11) is 0. The monoisotopic (exact) mass is 761 g/mol. The van der Waals surface area contributed by atoms with Gasteiger partial charge in [0.25, 0.3) is 5.91 Å². The molecule has 0 spiro atoms. The number of nitrogens with zero attached hydrogens (tertiary/aromatic N) is 3. The zero-order valence-electron chi connectivity index (χ0n) is 31.5. The standard InChI is InChI=1S/C43H59N3O3S3/c1-3-5-7-9-11-13-14-16-18-20-22-33(21-19-17-15-12-10-8-6-4-2)31-45-36-25-23-34(28-40-42(49)46(32-41(47)48)43(50)52-40)27-38(36)51-39-29-35(30-44)24-26-37(39)45/h23-29,33H,3-22,31-32H2,1-2H3,(H,47,48)/b40-28-. The van der Waals surface area contributed by atoms with E-state index < -0.39 is 12.5 Å². The molecule has 0 saturated carbocycles. The second-order valence-electron chi connectivity index (χ2n) is 14.5. The molecule has 1 N–H and O–H groups in total. The third kappa shape index (κ3) is 13.2. The van der Waals surface area contributed by atoms with E-state index in [2.05, 4.69) is 43.0 Å². The second kappa shape index (κ2) is 23.1. The number of amides is 1. The topological polar surface area (TPSA) is 84.6 Å². The fraction of sp³-hybridized carbons (Fsp3) is 0.581. The van der Waals surface area contributed by atoms with E-state index >= 15 is 0 Å². The Labute approximate surface area is 327 Å². The van der Waals surface area contributed by atoms with Crippen LogP contribution in [0.1, 0.15) is 153 Å². The van der Waals surface area contributed by atoms with E-state index in [1.165, 1.54) is 128 Å². The van der Waals surface area contributed by atoms with Gasteiger partial charge in [-0.2, -0.15) is 5.26 Å². The lowest BCUT2D eigenvalue weighted by Gasteiger charge is -2.36. The lowest BCUT2D eigenvalue weighted by molar-refractivity contribution is -0.140. The first-order chi connectivity index (χ1) is 25.3. The van der Waals surface area contributed by atoms with Crippen molar-refractivity contribution in [2.75, 3.05) is 18.0 Å². The molecule has 2 aromatic rings. The molecule has 2 heterocycles. The van der Waals surface area contributed by atoms with E-state index in [-0.39, 0.29) is 10.2 Å². The van der Waals surface area contributed by atoms with Crippen molar-refractivity contribution in [2.24, 2.45) is 5.92 Å². The van der Waals surface area contributed by atoms with Gasteiger partial charge in [0.2, 0.25) is 0 Å². The highest BCUT2D eigenvalue weighted by molar-refractivity contribution is 8.26. The lowest BCUT2D eigenvalue weighted by Crippen LogP contribution is -2.33. The summed E-state index contributed by atoms with van der Waals surface area (Å²) >= 11 is 8.13. The van der Waals surface area contributed by atoms with Gasteiger partial charge in [0.1, 0.15) is 10.9 Å². The van der Waals surface area contributed by atoms with Crippen LogP contribution >= 0.6 is 35.7 Å². The number of fused-ring (bicyclic) bond motifs is 2. The van der Waals surface area contributed by atoms with E-state index in [4.69, 9.17) is 12.2 Å². The molecule has 52 heavy (non-hydrogen) atoms. The molecule has 2 aliphatic rings. The van der Waals surface area contributed by atoms with Crippen molar-refractivity contribution in [1.82, 2.24) is 4.90 Å². The molecule has 0 bridgehead atoms. The maximum absolute atomic E-state index is 13.0. The van der Waals surface area contributed by atoms with Gasteiger partial charge in [-0.3, -0.25) is 14.5 Å². The highest BCUT2D eigenvalue weighted by atomic mass is 32.2. The number of carbonyl (C=O) groups is 2. The molecule has 1 amide bonds. The average molecular weight is 762 g/mol. The number of benzene rings is 2. The van der Waals surface area contributed by atoms with Gasteiger partial charge < -0.3 is 10.0 Å². The summed E-state index contributed by atoms with van der Waals surface area (Å²) < 4.78 is 0.264. The number of aliphatic carboxylic acids is 1. The van der Waals surface area contributed by atoms with Crippen LogP contribution in [0.2, 0.25) is 0 Å². The smallest absolute Gasteiger partial charge is 0.323 e. The van der Waals surface area contributed by atoms with Crippen molar-refractivity contribution < 1.29 is 14.7 Å². The van der Waals surface area contributed by atoms with E-state index in [0.717, 1.165) is 49.9 Å². The molecule has 1 unspecified atom stereocenters. The van der Waals surface area contributed by atoms with Crippen molar-refractivity contribution in [3.63, 3.8) is 0 Å². The molecule has 1 saturated heterocycles. The van der Waals surface area contributed by atoms with Crippen LogP contribution in [0, 0.1) is 17.2 Å². The maximum Gasteiger partial charge on any atom is 0.323 e. The van der Waals surface area contributed by atoms with Gasteiger partial charge >= 0.3 is 5.97 Å². The summed E-state index contributed by atoms with van der Waals surface area (Å²) in [6.07, 6.45) is 28.3. The third-order valence-electron chi connectivity index (χ3n) is 10.2. The zero-order valence-corrected chi connectivity index (χ0v) is 34.0. The van der Waals surface area contributed by atoms with Gasteiger partial charge in [-0.05, 0) is 60.7 Å². The van der Waals surface area contributed by atoms with E-state index in [1.807, 2.05) is 24.3 Å². The molecular weight excluding hydrogens is 703 g/mol. The second-order valence-corrected chi connectivity index (χ2v) is 17.3. The van der Waals surface area contributed by atoms with Crippen molar-refractivity contribution in [3.05, 3.63) is 52.4 Å². The molecule has 282 valence electrons. The van der Waals surface area contributed by atoms with Crippen LogP contribution in [0.3, 0.4) is 0 Å². The van der Waals surface area contributed by atoms with Gasteiger partial charge in [-0.15, -0.1) is 0 Å². The summed E-state index contributed by atoms with van der Waals surface area (Å²) in [5.41, 5.74) is 3.82. The van der Waals surface area contributed by atoms with Crippen molar-refractivity contribution in [1.29, 1.82) is 5.26 Å². The predicted molar refractivity (Wildman–Crippen MR) is 223 cm³/mol. The van der Waals surface area contributed by atoms with Crippen LogP contribution in [0.15, 0.2) is 51.1 Å². The molecule has 2 aliphatic heterocycles. The summed E-state index contributed by atoms with van der Waals surface area (Å²) in [5, 5.41) is 19.0. The number of hydrogen-bond acceptors (Lipinski definition) is 7. The minimum atomic E-state index is -1.09. The number of anilines is 2. The number of carboxylic acids is 1. The van der Waals surface area contributed by atoms with Gasteiger partial charge in [-0.1, -0.05) is 171 Å². The van der Waals surface area contributed by atoms with Crippen LogP contribution in [0.25, 0.3) is 6.08 Å². The number of thiocarbonyl (C=S) groups is 1. The van der Waals surface area contributed by atoms with Crippen LogP contribution < -0.4 is 4.90 Å². The van der Waals surface area contributed by atoms with Crippen LogP contribution in [0.4, 0.5) is 11.4 Å². The normalized spacial score (nSPS) is 15.2. The molecule has 2 aromatic carbocycles. The first-order valence-electron chi connectivity index (χ1n) is 19.9. The van der Waals surface area contributed by atoms with E-state index in [9.17, 15) is 20.0 Å². The van der Waals surface area contributed by atoms with Crippen LogP contribution in [-0.2, 0) is 9.59 Å². The molecule has 1 atom stereocenters. The average Bonchev–Trinajstić information content (AvgIpc) is 3.39. The number of thioether (sulfide) groups is 1. The number of carboxylic acid groups (broad SMARTS) is 1. The van der Waals surface area contributed by atoms with Crippen LogP contribution in [-0.4, -0.2) is 39.3 Å². The Bertz CT molecular complexity index is 1550. The first kappa shape index (κ1) is 41.9. The van der Waals surface area contributed by atoms with Crippen LogP contribution in [0.5, 0.6) is 0 Å². The number of carbonyl (C=O) groups excluding carboxylic acids is 1. The number of nitriles is 1. The van der Waals surface area contributed by atoms with Gasteiger partial charge in [0, 0.05) is 16.3 Å². The predicted octanol–water partition coefficient (Wildman–Crippen LogP) is 12.9. The molecule has 0 aromatic heterocycles. The molecule has 1 fully saturated rings. The number of rotatable bonds is 25. The fourth-order valence-corrected chi connectivity index (χ4v) is 9.69. The Morgan fingerprint density at radius 1 is 0.769 bits per heavy atom. The maximum atomic E-state index is 13.0. The first-order valence-corrected chi connectivity index (χ1v) is 22.0. The Kier molecular flexibility index (Phi) is 18.6. The molecule has 9 heteroatoms. The molecule has 0 radical (unpaired) electrons. The Balaban J connectivity index is 1.48. The minimum Gasteiger partial charge on any atom is -0.480 e. The molecule has 0 aliphatic carbocycles. The summed E-state index contributed by atoms with van der Waals surface area (Å²) in [6, 6.07) is 14.7. The highest BCUT2D eigenvalue weighted by Crippen LogP contribution is 2.49. The Morgan fingerprint density at radius 2 is 1.29 bits per heavy atom. The van der Waals surface area contributed by atoms with Gasteiger partial charge in [-0.25, -0.2) is 0 Å². The Hall–Kier alpha value is -2.80. The molecule has 4 rings (SSSR count). The van der Waals surface area contributed by atoms with Crippen molar-refractivity contribution in [2.45, 2.75) is 152 Å². The highest BCUT2D eigenvalue weighted by Gasteiger charge is 2.33. The van der Waals surface area contributed by atoms with Gasteiger partial charge in [0.05, 0.1) is 27.9 Å².